The summed E-state index contributed by atoms with van der Waals surface area (Å²) in [6.07, 6.45) is 1.47. The summed E-state index contributed by atoms with van der Waals surface area (Å²) in [6, 6.07) is 18.7. The quantitative estimate of drug-likeness (QED) is 0.542. The van der Waals surface area contributed by atoms with E-state index in [1.54, 1.807) is 10.7 Å². The Morgan fingerprint density at radius 1 is 1.00 bits per heavy atom. The van der Waals surface area contributed by atoms with Gasteiger partial charge in [0.1, 0.15) is 5.75 Å². The zero-order chi connectivity index (χ0) is 17.8. The molecule has 0 unspecified atom stereocenters. The number of aromatic amines is 1. The summed E-state index contributed by atoms with van der Waals surface area (Å²) < 4.78 is 7.64. The average molecular weight is 347 g/mol. The smallest absolute Gasteiger partial charge is 0.248 e. The van der Waals surface area contributed by atoms with E-state index in [4.69, 9.17) is 4.74 Å². The Balaban J connectivity index is 1.41. The number of nitrogens with one attached hydrogen (secondary N) is 1. The summed E-state index contributed by atoms with van der Waals surface area (Å²) in [5, 5.41) is 12.8. The topological polar surface area (TPSA) is 85.7 Å². The molecule has 0 amide bonds. The molecule has 7 nitrogen and oxygen atoms in total. The molecular formula is C19H17N5O2. The molecule has 7 heteroatoms. The summed E-state index contributed by atoms with van der Waals surface area (Å²) in [5.74, 6) is 1.54. The minimum Gasteiger partial charge on any atom is -0.493 e. The molecule has 0 saturated heterocycles. The maximum atomic E-state index is 11.4. The number of para-hydroxylation sites is 1. The lowest BCUT2D eigenvalue weighted by Gasteiger charge is -2.09. The maximum Gasteiger partial charge on any atom is 0.248 e. The van der Waals surface area contributed by atoms with Crippen LogP contribution in [0.1, 0.15) is 12.2 Å². The normalized spacial score (nSPS) is 10.9. The molecule has 0 bridgehead atoms. The van der Waals surface area contributed by atoms with Crippen LogP contribution < -0.4 is 10.3 Å². The highest BCUT2D eigenvalue weighted by molar-refractivity contribution is 5.84. The largest absolute Gasteiger partial charge is 0.493 e. The van der Waals surface area contributed by atoms with Gasteiger partial charge in [0.05, 0.1) is 17.8 Å². The Morgan fingerprint density at radius 3 is 2.77 bits per heavy atom. The fourth-order valence-electron chi connectivity index (χ4n) is 2.83. The average Bonchev–Trinajstić information content (AvgIpc) is 3.14. The van der Waals surface area contributed by atoms with Gasteiger partial charge in [0.2, 0.25) is 5.56 Å². The molecule has 130 valence electrons. The van der Waals surface area contributed by atoms with Crippen molar-refractivity contribution in [1.29, 1.82) is 0 Å². The van der Waals surface area contributed by atoms with E-state index in [0.29, 0.717) is 13.0 Å². The molecule has 26 heavy (non-hydrogen) atoms. The van der Waals surface area contributed by atoms with Crippen LogP contribution >= 0.6 is 0 Å². The second-order valence-electron chi connectivity index (χ2n) is 5.83. The number of pyridine rings is 1. The highest BCUT2D eigenvalue weighted by Crippen LogP contribution is 2.23. The Bertz CT molecular complexity index is 1070. The summed E-state index contributed by atoms with van der Waals surface area (Å²) >= 11 is 0. The van der Waals surface area contributed by atoms with E-state index in [1.165, 1.54) is 6.07 Å². The predicted molar refractivity (Wildman–Crippen MR) is 97.5 cm³/mol. The molecule has 4 rings (SSSR count). The third-order valence-corrected chi connectivity index (χ3v) is 4.06. The first kappa shape index (κ1) is 16.0. The molecule has 0 aliphatic rings. The van der Waals surface area contributed by atoms with E-state index in [1.807, 2.05) is 48.5 Å². The van der Waals surface area contributed by atoms with E-state index >= 15 is 0 Å². The van der Waals surface area contributed by atoms with Gasteiger partial charge in [-0.25, -0.2) is 0 Å². The molecule has 0 aliphatic carbocycles. The van der Waals surface area contributed by atoms with E-state index < -0.39 is 0 Å². The van der Waals surface area contributed by atoms with Gasteiger partial charge in [0.25, 0.3) is 0 Å². The number of aryl methyl sites for hydroxylation is 1. The van der Waals surface area contributed by atoms with Gasteiger partial charge < -0.3 is 9.72 Å². The standard InChI is InChI=1S/C19H17N5O2/c25-19-12-11-15-16(20-19)8-4-9-17(15)26-13-5-10-18-21-22-23-24(18)14-6-2-1-3-7-14/h1-4,6-9,11-12H,5,10,13H2,(H,20,25). The Hall–Kier alpha value is -3.48. The number of aromatic nitrogens is 5. The fourth-order valence-corrected chi connectivity index (χ4v) is 2.83. The number of tetrazole rings is 1. The lowest BCUT2D eigenvalue weighted by molar-refractivity contribution is 0.313. The number of rotatable bonds is 6. The van der Waals surface area contributed by atoms with Crippen LogP contribution in [-0.4, -0.2) is 31.8 Å². The van der Waals surface area contributed by atoms with Gasteiger partial charge in [-0.2, -0.15) is 4.68 Å². The van der Waals surface area contributed by atoms with Crippen molar-refractivity contribution in [3.63, 3.8) is 0 Å². The molecule has 0 saturated carbocycles. The van der Waals surface area contributed by atoms with Gasteiger partial charge >= 0.3 is 0 Å². The molecule has 1 N–H and O–H groups in total. The van der Waals surface area contributed by atoms with Gasteiger partial charge in [0.15, 0.2) is 5.82 Å². The third-order valence-electron chi connectivity index (χ3n) is 4.06. The van der Waals surface area contributed by atoms with Gasteiger partial charge in [-0.15, -0.1) is 5.10 Å². The van der Waals surface area contributed by atoms with Crippen molar-refractivity contribution in [3.8, 4) is 11.4 Å². The van der Waals surface area contributed by atoms with Crippen molar-refractivity contribution >= 4 is 10.9 Å². The zero-order valence-corrected chi connectivity index (χ0v) is 14.0. The molecule has 2 aromatic heterocycles. The molecule has 4 aromatic rings. The summed E-state index contributed by atoms with van der Waals surface area (Å²) in [4.78, 5) is 14.2. The van der Waals surface area contributed by atoms with Gasteiger partial charge in [-0.05, 0) is 47.2 Å². The van der Waals surface area contributed by atoms with E-state index in [0.717, 1.165) is 34.6 Å². The number of benzene rings is 2. The molecule has 0 atom stereocenters. The predicted octanol–water partition coefficient (Wildman–Crippen LogP) is 2.52. The van der Waals surface area contributed by atoms with E-state index in [9.17, 15) is 4.79 Å². The van der Waals surface area contributed by atoms with Crippen molar-refractivity contribution in [1.82, 2.24) is 25.2 Å². The fraction of sp³-hybridized carbons (Fsp3) is 0.158. The maximum absolute atomic E-state index is 11.4. The number of hydrogen-bond acceptors (Lipinski definition) is 5. The van der Waals surface area contributed by atoms with Crippen molar-refractivity contribution in [3.05, 3.63) is 76.8 Å². The lowest BCUT2D eigenvalue weighted by atomic mass is 10.2. The molecular weight excluding hydrogens is 330 g/mol. The summed E-state index contributed by atoms with van der Waals surface area (Å²) in [5.41, 5.74) is 1.58. The van der Waals surface area contributed by atoms with Crippen molar-refractivity contribution < 1.29 is 4.74 Å². The first-order valence-corrected chi connectivity index (χ1v) is 8.39. The summed E-state index contributed by atoms with van der Waals surface area (Å²) in [7, 11) is 0. The van der Waals surface area contributed by atoms with Crippen molar-refractivity contribution in [2.45, 2.75) is 12.8 Å². The van der Waals surface area contributed by atoms with Crippen molar-refractivity contribution in [2.24, 2.45) is 0 Å². The van der Waals surface area contributed by atoms with E-state index in [2.05, 4.69) is 20.5 Å². The van der Waals surface area contributed by atoms with Crippen LogP contribution in [0.3, 0.4) is 0 Å². The van der Waals surface area contributed by atoms with Crippen LogP contribution in [0.25, 0.3) is 16.6 Å². The highest BCUT2D eigenvalue weighted by atomic mass is 16.5. The monoisotopic (exact) mass is 347 g/mol. The van der Waals surface area contributed by atoms with E-state index in [-0.39, 0.29) is 5.56 Å². The Morgan fingerprint density at radius 2 is 1.88 bits per heavy atom. The molecule has 0 aliphatic heterocycles. The Labute approximate surface area is 149 Å². The number of hydrogen-bond donors (Lipinski definition) is 1. The first-order valence-electron chi connectivity index (χ1n) is 8.39. The van der Waals surface area contributed by atoms with Crippen LogP contribution in [0.15, 0.2) is 65.5 Å². The second kappa shape index (κ2) is 7.18. The molecule has 2 heterocycles. The molecule has 0 radical (unpaired) electrons. The minimum absolute atomic E-state index is 0.123. The zero-order valence-electron chi connectivity index (χ0n) is 14.0. The van der Waals surface area contributed by atoms with Crippen LogP contribution in [-0.2, 0) is 6.42 Å². The molecule has 2 aromatic carbocycles. The lowest BCUT2D eigenvalue weighted by Crippen LogP contribution is -2.07. The van der Waals surface area contributed by atoms with Crippen LogP contribution in [0, 0.1) is 0 Å². The number of ether oxygens (including phenoxy) is 1. The van der Waals surface area contributed by atoms with Crippen LogP contribution in [0.4, 0.5) is 0 Å². The third kappa shape index (κ3) is 3.32. The Kier molecular flexibility index (Phi) is 4.42. The number of fused-ring (bicyclic) bond motifs is 1. The molecule has 0 spiro atoms. The SMILES string of the molecule is O=c1ccc2c(OCCCc3nnnn3-c3ccccc3)cccc2[nH]1. The van der Waals surface area contributed by atoms with Crippen molar-refractivity contribution in [2.75, 3.05) is 6.61 Å². The van der Waals surface area contributed by atoms with Gasteiger partial charge in [-0.3, -0.25) is 4.79 Å². The van der Waals surface area contributed by atoms with Crippen LogP contribution in [0.5, 0.6) is 5.75 Å². The van der Waals surface area contributed by atoms with Crippen LogP contribution in [0.2, 0.25) is 0 Å². The van der Waals surface area contributed by atoms with Gasteiger partial charge in [-0.1, -0.05) is 24.3 Å². The highest BCUT2D eigenvalue weighted by Gasteiger charge is 2.08. The summed E-state index contributed by atoms with van der Waals surface area (Å²) in [6.45, 7) is 0.528. The number of H-pyrrole nitrogens is 1. The van der Waals surface area contributed by atoms with Gasteiger partial charge in [0, 0.05) is 17.9 Å². The number of nitrogens with zero attached hydrogens (tertiary/aromatic N) is 4. The molecule has 0 fully saturated rings. The second-order valence-corrected chi connectivity index (χ2v) is 5.83. The first-order chi connectivity index (χ1) is 12.8. The minimum atomic E-state index is -0.123.